The Labute approximate surface area is 275 Å². The van der Waals surface area contributed by atoms with Gasteiger partial charge < -0.3 is 5.11 Å². The number of aryl methyl sites for hydroxylation is 1. The van der Waals surface area contributed by atoms with E-state index in [-0.39, 0.29) is 54.6 Å². The number of nitro groups is 1. The lowest BCUT2D eigenvalue weighted by Crippen LogP contribution is -2.49. The second-order valence-corrected chi connectivity index (χ2v) is 12.6. The quantitative estimate of drug-likeness (QED) is 0.130. The number of aliphatic imine (C=N–C) groups is 1. The standard InChI is InChI=1S/C31H20Cl2N6O7S/c1-17-34-26-12-11-22(47(45,46)36-28-24(32)14-20(39(43)44)15-25(28)33)16-23(26)30(41)37(17)38-29(19-5-3-2-4-6-19)35-27(31(38)42)13-18-7-9-21(40)10-8-18/h2-16,36,40H,1H3. The molecule has 1 aromatic heterocycles. The molecular formula is C31H20Cl2N6O7S. The van der Waals surface area contributed by atoms with Crippen LogP contribution in [0, 0.1) is 17.0 Å². The number of hydrogen-bond acceptors (Lipinski definition) is 9. The van der Waals surface area contributed by atoms with Crippen LogP contribution in [-0.2, 0) is 14.8 Å². The Morgan fingerprint density at radius 3 is 2.26 bits per heavy atom. The van der Waals surface area contributed by atoms with Crippen LogP contribution in [0.2, 0.25) is 10.0 Å². The molecule has 4 aromatic carbocycles. The van der Waals surface area contributed by atoms with Gasteiger partial charge in [0.15, 0.2) is 5.84 Å². The van der Waals surface area contributed by atoms with Gasteiger partial charge in [-0.25, -0.2) is 18.4 Å². The van der Waals surface area contributed by atoms with Crippen molar-refractivity contribution < 1.29 is 23.2 Å². The van der Waals surface area contributed by atoms with Crippen molar-refractivity contribution in [2.45, 2.75) is 11.8 Å². The molecule has 0 saturated heterocycles. The molecule has 0 unspecified atom stereocenters. The summed E-state index contributed by atoms with van der Waals surface area (Å²) in [5.74, 6) is -0.375. The Bertz CT molecular complexity index is 2340. The number of anilines is 1. The number of benzene rings is 4. The van der Waals surface area contributed by atoms with Crippen LogP contribution >= 0.6 is 23.2 Å². The van der Waals surface area contributed by atoms with Crippen LogP contribution in [-0.4, -0.2) is 39.9 Å². The molecule has 2 N–H and O–H groups in total. The molecule has 5 aromatic rings. The van der Waals surface area contributed by atoms with E-state index in [1.54, 1.807) is 42.5 Å². The van der Waals surface area contributed by atoms with E-state index in [2.05, 4.69) is 14.7 Å². The van der Waals surface area contributed by atoms with Crippen molar-refractivity contribution in [3.05, 3.63) is 138 Å². The normalized spacial score (nSPS) is 14.1. The predicted molar refractivity (Wildman–Crippen MR) is 177 cm³/mol. The van der Waals surface area contributed by atoms with Crippen LogP contribution < -0.4 is 15.3 Å². The molecule has 1 aliphatic rings. The maximum Gasteiger partial charge on any atom is 0.297 e. The van der Waals surface area contributed by atoms with E-state index in [0.717, 1.165) is 27.9 Å². The van der Waals surface area contributed by atoms with Crippen molar-refractivity contribution in [1.82, 2.24) is 9.66 Å². The average Bonchev–Trinajstić information content (AvgIpc) is 3.35. The summed E-state index contributed by atoms with van der Waals surface area (Å²) in [6, 6.07) is 20.3. The first kappa shape index (κ1) is 31.4. The van der Waals surface area contributed by atoms with E-state index in [1.165, 1.54) is 37.3 Å². The molecule has 0 atom stereocenters. The number of phenols is 1. The summed E-state index contributed by atoms with van der Waals surface area (Å²) in [5, 5.41) is 21.1. The van der Waals surface area contributed by atoms with Crippen molar-refractivity contribution in [1.29, 1.82) is 0 Å². The first-order valence-electron chi connectivity index (χ1n) is 13.5. The fourth-order valence-corrected chi connectivity index (χ4v) is 6.63. The molecule has 0 bridgehead atoms. The van der Waals surface area contributed by atoms with Crippen LogP contribution in [0.3, 0.4) is 0 Å². The summed E-state index contributed by atoms with van der Waals surface area (Å²) < 4.78 is 30.1. The highest BCUT2D eigenvalue weighted by Gasteiger charge is 2.35. The van der Waals surface area contributed by atoms with Gasteiger partial charge >= 0.3 is 0 Å². The van der Waals surface area contributed by atoms with Crippen LogP contribution in [0.5, 0.6) is 5.75 Å². The smallest absolute Gasteiger partial charge is 0.297 e. The number of amides is 1. The lowest BCUT2D eigenvalue weighted by molar-refractivity contribution is -0.384. The van der Waals surface area contributed by atoms with Gasteiger partial charge in [-0.2, -0.15) is 9.69 Å². The number of halogens is 2. The minimum Gasteiger partial charge on any atom is -0.508 e. The summed E-state index contributed by atoms with van der Waals surface area (Å²) in [7, 11) is -4.45. The summed E-state index contributed by atoms with van der Waals surface area (Å²) in [5.41, 5.74) is -0.264. The number of aromatic hydroxyl groups is 1. The largest absolute Gasteiger partial charge is 0.508 e. The molecule has 6 rings (SSSR count). The molecular weight excluding hydrogens is 671 g/mol. The number of fused-ring (bicyclic) bond motifs is 1. The van der Waals surface area contributed by atoms with Gasteiger partial charge in [0, 0.05) is 17.7 Å². The molecule has 2 heterocycles. The highest BCUT2D eigenvalue weighted by molar-refractivity contribution is 7.92. The maximum atomic E-state index is 14.1. The zero-order valence-electron chi connectivity index (χ0n) is 24.0. The number of nitrogens with zero attached hydrogens (tertiary/aromatic N) is 5. The van der Waals surface area contributed by atoms with Crippen molar-refractivity contribution in [2.75, 3.05) is 9.73 Å². The lowest BCUT2D eigenvalue weighted by Gasteiger charge is -2.22. The first-order chi connectivity index (χ1) is 22.3. The number of nitro benzene ring substituents is 1. The monoisotopic (exact) mass is 690 g/mol. The van der Waals surface area contributed by atoms with Crippen molar-refractivity contribution >= 4 is 73.3 Å². The summed E-state index contributed by atoms with van der Waals surface area (Å²) in [6.45, 7) is 1.52. The van der Waals surface area contributed by atoms with Crippen molar-refractivity contribution in [3.8, 4) is 5.75 Å². The lowest BCUT2D eigenvalue weighted by atomic mass is 10.2. The maximum absolute atomic E-state index is 14.1. The van der Waals surface area contributed by atoms with E-state index in [1.807, 2.05) is 0 Å². The molecule has 0 radical (unpaired) electrons. The third-order valence-corrected chi connectivity index (χ3v) is 8.97. The van der Waals surface area contributed by atoms with E-state index in [9.17, 15) is 33.2 Å². The van der Waals surface area contributed by atoms with Gasteiger partial charge in [0.2, 0.25) is 0 Å². The van der Waals surface area contributed by atoms with E-state index < -0.39 is 32.1 Å². The Balaban J connectivity index is 1.46. The Morgan fingerprint density at radius 1 is 0.957 bits per heavy atom. The third-order valence-electron chi connectivity index (χ3n) is 7.03. The fraction of sp³-hybridized carbons (Fsp3) is 0.0323. The molecule has 236 valence electrons. The van der Waals surface area contributed by atoms with Crippen LogP contribution in [0.15, 0.2) is 105 Å². The van der Waals surface area contributed by atoms with Gasteiger partial charge in [0.25, 0.3) is 27.2 Å². The van der Waals surface area contributed by atoms with E-state index in [0.29, 0.717) is 11.1 Å². The molecule has 1 amide bonds. The highest BCUT2D eigenvalue weighted by atomic mass is 35.5. The number of non-ortho nitro benzene ring substituents is 1. The Morgan fingerprint density at radius 2 is 1.62 bits per heavy atom. The second-order valence-electron chi connectivity index (χ2n) is 10.1. The number of carbonyl (C=O) groups is 1. The molecule has 16 heteroatoms. The summed E-state index contributed by atoms with van der Waals surface area (Å²) in [4.78, 5) is 47.0. The highest BCUT2D eigenvalue weighted by Crippen LogP contribution is 2.36. The number of hydrogen-bond donors (Lipinski definition) is 2. The minimum atomic E-state index is -4.45. The minimum absolute atomic E-state index is 0.00155. The fourth-order valence-electron chi connectivity index (χ4n) is 4.82. The molecule has 1 aliphatic heterocycles. The van der Waals surface area contributed by atoms with Crippen LogP contribution in [0.1, 0.15) is 17.0 Å². The summed E-state index contributed by atoms with van der Waals surface area (Å²) >= 11 is 12.2. The van der Waals surface area contributed by atoms with Gasteiger partial charge in [-0.15, -0.1) is 0 Å². The topological polar surface area (TPSA) is 177 Å². The van der Waals surface area contributed by atoms with Gasteiger partial charge in [0.05, 0.1) is 36.5 Å². The number of rotatable bonds is 7. The number of aromatic nitrogens is 2. The number of nitrogens with one attached hydrogen (secondary N) is 1. The third kappa shape index (κ3) is 5.92. The molecule has 47 heavy (non-hydrogen) atoms. The SMILES string of the molecule is Cc1nc2ccc(S(=O)(=O)Nc3c(Cl)cc([N+](=O)[O-])cc3Cl)cc2c(=O)n1N1C(=O)C(=Cc2ccc(O)cc2)N=C1c1ccccc1. The molecule has 0 aliphatic carbocycles. The number of carbonyl (C=O) groups excluding carboxylic acids is 1. The molecule has 13 nitrogen and oxygen atoms in total. The first-order valence-corrected chi connectivity index (χ1v) is 15.8. The average molecular weight is 692 g/mol. The van der Waals surface area contributed by atoms with Crippen molar-refractivity contribution in [2.24, 2.45) is 4.99 Å². The van der Waals surface area contributed by atoms with Gasteiger partial charge in [0.1, 0.15) is 17.3 Å². The predicted octanol–water partition coefficient (Wildman–Crippen LogP) is 5.39. The Hall–Kier alpha value is -5.57. The van der Waals surface area contributed by atoms with Gasteiger partial charge in [-0.05, 0) is 48.9 Å². The molecule has 0 saturated carbocycles. The van der Waals surface area contributed by atoms with Gasteiger partial charge in [-0.3, -0.25) is 24.4 Å². The summed E-state index contributed by atoms with van der Waals surface area (Å²) in [6.07, 6.45) is 1.50. The number of phenolic OH excluding ortho intramolecular Hbond substituents is 1. The van der Waals surface area contributed by atoms with Crippen molar-refractivity contribution in [3.63, 3.8) is 0 Å². The molecule has 0 fully saturated rings. The zero-order valence-corrected chi connectivity index (χ0v) is 26.3. The second kappa shape index (κ2) is 12.0. The van der Waals surface area contributed by atoms with E-state index >= 15 is 0 Å². The van der Waals surface area contributed by atoms with E-state index in [4.69, 9.17) is 23.2 Å². The van der Waals surface area contributed by atoms with Gasteiger partial charge in [-0.1, -0.05) is 65.7 Å². The number of sulfonamides is 1. The van der Waals surface area contributed by atoms with Crippen LogP contribution in [0.25, 0.3) is 17.0 Å². The molecule has 0 spiro atoms. The Kier molecular flexibility index (Phi) is 8.01. The zero-order chi connectivity index (χ0) is 33.6. The van der Waals surface area contributed by atoms with Crippen LogP contribution in [0.4, 0.5) is 11.4 Å². The number of amidine groups is 1.